The SMILES string of the molecule is O=C(NCC1(CCBr)CC1)c1ccc(F)cc1Br. The zero-order chi connectivity index (χ0) is 13.2. The van der Waals surface area contributed by atoms with Gasteiger partial charge in [-0.3, -0.25) is 4.79 Å². The summed E-state index contributed by atoms with van der Waals surface area (Å²) in [4.78, 5) is 12.0. The Morgan fingerprint density at radius 1 is 1.44 bits per heavy atom. The molecule has 0 spiro atoms. The molecule has 1 aliphatic carbocycles. The van der Waals surface area contributed by atoms with Crippen LogP contribution in [-0.4, -0.2) is 17.8 Å². The van der Waals surface area contributed by atoms with E-state index in [1.807, 2.05) is 0 Å². The minimum atomic E-state index is -0.351. The molecule has 18 heavy (non-hydrogen) atoms. The van der Waals surface area contributed by atoms with E-state index < -0.39 is 0 Å². The number of carbonyl (C=O) groups excluding carboxylic acids is 1. The molecule has 2 nitrogen and oxygen atoms in total. The molecule has 1 aliphatic rings. The predicted molar refractivity (Wildman–Crippen MR) is 76.5 cm³/mol. The Bertz CT molecular complexity index is 460. The van der Waals surface area contributed by atoms with E-state index in [4.69, 9.17) is 0 Å². The van der Waals surface area contributed by atoms with Crippen molar-refractivity contribution in [1.29, 1.82) is 0 Å². The Labute approximate surface area is 123 Å². The Morgan fingerprint density at radius 2 is 2.17 bits per heavy atom. The fraction of sp³-hybridized carbons (Fsp3) is 0.462. The number of amides is 1. The van der Waals surface area contributed by atoms with E-state index in [2.05, 4.69) is 37.2 Å². The van der Waals surface area contributed by atoms with E-state index >= 15 is 0 Å². The van der Waals surface area contributed by atoms with Crippen LogP contribution < -0.4 is 5.32 Å². The van der Waals surface area contributed by atoms with Gasteiger partial charge in [0.1, 0.15) is 5.82 Å². The molecule has 0 aliphatic heterocycles. The zero-order valence-electron chi connectivity index (χ0n) is 9.81. The van der Waals surface area contributed by atoms with E-state index in [1.165, 1.54) is 31.0 Å². The fourth-order valence-corrected chi connectivity index (χ4v) is 3.30. The lowest BCUT2D eigenvalue weighted by Gasteiger charge is -2.15. The monoisotopic (exact) mass is 377 g/mol. The molecule has 0 bridgehead atoms. The summed E-state index contributed by atoms with van der Waals surface area (Å²) < 4.78 is 13.4. The average molecular weight is 379 g/mol. The quantitative estimate of drug-likeness (QED) is 0.774. The van der Waals surface area contributed by atoms with Gasteiger partial charge in [0.15, 0.2) is 0 Å². The van der Waals surface area contributed by atoms with Gasteiger partial charge in [-0.1, -0.05) is 15.9 Å². The van der Waals surface area contributed by atoms with Crippen LogP contribution in [0.3, 0.4) is 0 Å². The second-order valence-electron chi connectivity index (χ2n) is 4.75. The molecular weight excluding hydrogens is 365 g/mol. The molecular formula is C13H14Br2FNO. The molecule has 0 heterocycles. The first-order chi connectivity index (χ1) is 8.56. The van der Waals surface area contributed by atoms with Crippen LogP contribution in [0.2, 0.25) is 0 Å². The molecule has 1 aromatic rings. The molecule has 1 amide bonds. The molecule has 1 aromatic carbocycles. The Balaban J connectivity index is 1.96. The highest BCUT2D eigenvalue weighted by Crippen LogP contribution is 2.48. The molecule has 1 saturated carbocycles. The third-order valence-corrected chi connectivity index (χ3v) is 4.43. The van der Waals surface area contributed by atoms with Crippen LogP contribution in [-0.2, 0) is 0 Å². The van der Waals surface area contributed by atoms with Gasteiger partial charge < -0.3 is 5.32 Å². The first kappa shape index (κ1) is 14.0. The maximum Gasteiger partial charge on any atom is 0.252 e. The standard InChI is InChI=1S/C13H14Br2FNO/c14-6-5-13(3-4-13)8-17-12(18)10-2-1-9(16)7-11(10)15/h1-2,7H,3-6,8H2,(H,17,18). The van der Waals surface area contributed by atoms with Crippen LogP contribution in [0.1, 0.15) is 29.6 Å². The number of alkyl halides is 1. The number of carbonyl (C=O) groups is 1. The number of hydrogen-bond donors (Lipinski definition) is 1. The third kappa shape index (κ3) is 3.32. The van der Waals surface area contributed by atoms with Gasteiger partial charge in [0.05, 0.1) is 5.56 Å². The second kappa shape index (κ2) is 5.70. The number of nitrogens with one attached hydrogen (secondary N) is 1. The first-order valence-electron chi connectivity index (χ1n) is 5.86. The van der Waals surface area contributed by atoms with Gasteiger partial charge in [-0.2, -0.15) is 0 Å². The lowest BCUT2D eigenvalue weighted by molar-refractivity contribution is 0.0943. The summed E-state index contributed by atoms with van der Waals surface area (Å²) >= 11 is 6.64. The Morgan fingerprint density at radius 3 is 2.72 bits per heavy atom. The van der Waals surface area contributed by atoms with Gasteiger partial charge in [0.2, 0.25) is 0 Å². The van der Waals surface area contributed by atoms with Gasteiger partial charge in [0.25, 0.3) is 5.91 Å². The van der Waals surface area contributed by atoms with Crippen LogP contribution in [0.15, 0.2) is 22.7 Å². The van der Waals surface area contributed by atoms with Crippen molar-refractivity contribution in [3.8, 4) is 0 Å². The summed E-state index contributed by atoms with van der Waals surface area (Å²) in [7, 11) is 0. The Hall–Kier alpha value is -0.420. The number of benzene rings is 1. The summed E-state index contributed by atoms with van der Waals surface area (Å²) in [5.74, 6) is -0.501. The van der Waals surface area contributed by atoms with Gasteiger partial charge >= 0.3 is 0 Å². The minimum absolute atomic E-state index is 0.150. The fourth-order valence-electron chi connectivity index (χ4n) is 1.93. The molecule has 2 rings (SSSR count). The Kier molecular flexibility index (Phi) is 4.43. The van der Waals surface area contributed by atoms with Crippen molar-refractivity contribution in [3.63, 3.8) is 0 Å². The van der Waals surface area contributed by atoms with Crippen LogP contribution in [0.5, 0.6) is 0 Å². The van der Waals surface area contributed by atoms with E-state index in [1.54, 1.807) is 0 Å². The maximum absolute atomic E-state index is 12.9. The first-order valence-corrected chi connectivity index (χ1v) is 7.77. The van der Waals surface area contributed by atoms with Gasteiger partial charge in [0, 0.05) is 16.3 Å². The lowest BCUT2D eigenvalue weighted by atomic mass is 10.0. The lowest BCUT2D eigenvalue weighted by Crippen LogP contribution is -2.30. The van der Waals surface area contributed by atoms with E-state index in [0.29, 0.717) is 16.6 Å². The predicted octanol–water partition coefficient (Wildman–Crippen LogP) is 3.88. The van der Waals surface area contributed by atoms with Crippen LogP contribution in [0.4, 0.5) is 4.39 Å². The molecule has 1 N–H and O–H groups in total. The minimum Gasteiger partial charge on any atom is -0.351 e. The highest BCUT2D eigenvalue weighted by molar-refractivity contribution is 9.10. The van der Waals surface area contributed by atoms with Crippen LogP contribution in [0, 0.1) is 11.2 Å². The van der Waals surface area contributed by atoms with E-state index in [-0.39, 0.29) is 17.1 Å². The molecule has 1 fully saturated rings. The second-order valence-corrected chi connectivity index (χ2v) is 6.39. The van der Waals surface area contributed by atoms with Crippen LogP contribution >= 0.6 is 31.9 Å². The van der Waals surface area contributed by atoms with E-state index in [0.717, 1.165) is 11.8 Å². The molecule has 0 aromatic heterocycles. The van der Waals surface area contributed by atoms with Crippen molar-refractivity contribution in [2.45, 2.75) is 19.3 Å². The number of hydrogen-bond acceptors (Lipinski definition) is 1. The largest absolute Gasteiger partial charge is 0.351 e. The topological polar surface area (TPSA) is 29.1 Å². The van der Waals surface area contributed by atoms with Gasteiger partial charge in [-0.15, -0.1) is 0 Å². The van der Waals surface area contributed by atoms with Crippen molar-refractivity contribution in [2.24, 2.45) is 5.41 Å². The third-order valence-electron chi connectivity index (χ3n) is 3.38. The van der Waals surface area contributed by atoms with Crippen molar-refractivity contribution in [2.75, 3.05) is 11.9 Å². The van der Waals surface area contributed by atoms with Gasteiger partial charge in [-0.25, -0.2) is 4.39 Å². The van der Waals surface area contributed by atoms with Crippen molar-refractivity contribution in [1.82, 2.24) is 5.32 Å². The van der Waals surface area contributed by atoms with Crippen LogP contribution in [0.25, 0.3) is 0 Å². The van der Waals surface area contributed by atoms with Crippen molar-refractivity contribution in [3.05, 3.63) is 34.1 Å². The van der Waals surface area contributed by atoms with Gasteiger partial charge in [-0.05, 0) is 58.8 Å². The highest BCUT2D eigenvalue weighted by atomic mass is 79.9. The molecule has 0 saturated heterocycles. The van der Waals surface area contributed by atoms with Crippen molar-refractivity contribution >= 4 is 37.8 Å². The summed E-state index contributed by atoms with van der Waals surface area (Å²) in [6.45, 7) is 0.696. The maximum atomic E-state index is 12.9. The van der Waals surface area contributed by atoms with E-state index in [9.17, 15) is 9.18 Å². The molecule has 0 atom stereocenters. The molecule has 0 unspecified atom stereocenters. The summed E-state index contributed by atoms with van der Waals surface area (Å²) in [5.41, 5.74) is 0.761. The molecule has 98 valence electrons. The number of halogens is 3. The zero-order valence-corrected chi connectivity index (χ0v) is 13.0. The highest BCUT2D eigenvalue weighted by Gasteiger charge is 2.41. The number of rotatable bonds is 5. The summed E-state index contributed by atoms with van der Waals surface area (Å²) in [6, 6.07) is 4.10. The summed E-state index contributed by atoms with van der Waals surface area (Å²) in [5, 5.41) is 3.90. The molecule has 5 heteroatoms. The molecule has 0 radical (unpaired) electrons. The van der Waals surface area contributed by atoms with Crippen molar-refractivity contribution < 1.29 is 9.18 Å². The smallest absolute Gasteiger partial charge is 0.252 e. The summed E-state index contributed by atoms with van der Waals surface area (Å²) in [6.07, 6.45) is 3.42. The normalized spacial score (nSPS) is 16.4. The average Bonchev–Trinajstić information content (AvgIpc) is 3.07.